The standard InChI is InChI=1S/C27H46O5S.H3N/c1-18(7-6-14-25(2,3)28)22-10-11-23-21-9-8-19-17-20(32-33(29,30)31)12-15-26(19,4)24(21)13-16-27(22,23)5;/h8,18,20-24,28H,6-7,9-17H2,1-5H3,(H,29,30,31);1H3/t18-,20+,21?,22-,23?,24?,26+,27-;/m1./s1. The number of hydrogen-bond acceptors (Lipinski definition) is 5. The third-order valence-electron chi connectivity index (χ3n) is 10.5. The molecule has 3 unspecified atom stereocenters. The van der Waals surface area contributed by atoms with E-state index in [9.17, 15) is 18.1 Å². The highest BCUT2D eigenvalue weighted by Gasteiger charge is 2.59. The lowest BCUT2D eigenvalue weighted by molar-refractivity contribution is -0.0563. The Hall–Kier alpha value is -0.470. The van der Waals surface area contributed by atoms with Crippen LogP contribution >= 0.6 is 0 Å². The van der Waals surface area contributed by atoms with Crippen molar-refractivity contribution in [2.24, 2.45) is 40.4 Å². The van der Waals surface area contributed by atoms with Crippen LogP contribution in [-0.4, -0.2) is 29.8 Å². The van der Waals surface area contributed by atoms with Gasteiger partial charge in [-0.25, -0.2) is 8.42 Å². The molecule has 5 N–H and O–H groups in total. The largest absolute Gasteiger partial charge is 0.726 e. The summed E-state index contributed by atoms with van der Waals surface area (Å²) in [5, 5.41) is 10.1. The number of allylic oxidation sites excluding steroid dienone is 1. The molecule has 0 aromatic carbocycles. The first-order chi connectivity index (χ1) is 15.2. The molecular formula is C27H49NO5S. The molecule has 0 spiro atoms. The fourth-order valence-corrected chi connectivity index (χ4v) is 9.41. The van der Waals surface area contributed by atoms with Gasteiger partial charge in [-0.15, -0.1) is 0 Å². The van der Waals surface area contributed by atoms with Crippen LogP contribution in [0.4, 0.5) is 0 Å². The molecule has 0 saturated heterocycles. The van der Waals surface area contributed by atoms with Crippen LogP contribution in [0, 0.1) is 40.4 Å². The van der Waals surface area contributed by atoms with Crippen LogP contribution in [0.2, 0.25) is 0 Å². The molecule has 0 heterocycles. The Morgan fingerprint density at radius 1 is 1.18 bits per heavy atom. The molecule has 4 aliphatic rings. The third-order valence-corrected chi connectivity index (χ3v) is 11.0. The van der Waals surface area contributed by atoms with Gasteiger partial charge in [0.15, 0.2) is 0 Å². The molecule has 3 fully saturated rings. The van der Waals surface area contributed by atoms with E-state index in [4.69, 9.17) is 4.18 Å². The lowest BCUT2D eigenvalue weighted by Crippen LogP contribution is -2.51. The van der Waals surface area contributed by atoms with E-state index in [-0.39, 0.29) is 11.6 Å². The summed E-state index contributed by atoms with van der Waals surface area (Å²) in [6.07, 6.45) is 13.5. The molecule has 0 radical (unpaired) electrons. The van der Waals surface area contributed by atoms with Crippen LogP contribution < -0.4 is 6.15 Å². The molecular weight excluding hydrogens is 450 g/mol. The second-order valence-electron chi connectivity index (χ2n) is 13.0. The minimum Gasteiger partial charge on any atom is -0.726 e. The summed E-state index contributed by atoms with van der Waals surface area (Å²) < 4.78 is 38.2. The molecule has 0 bridgehead atoms. The summed E-state index contributed by atoms with van der Waals surface area (Å²) in [4.78, 5) is 0. The Morgan fingerprint density at radius 3 is 2.53 bits per heavy atom. The first kappa shape index (κ1) is 28.1. The minimum absolute atomic E-state index is 0. The van der Waals surface area contributed by atoms with E-state index >= 15 is 0 Å². The molecule has 8 atom stereocenters. The van der Waals surface area contributed by atoms with Crippen molar-refractivity contribution >= 4 is 10.4 Å². The van der Waals surface area contributed by atoms with Gasteiger partial charge in [0.1, 0.15) is 0 Å². The normalized spacial score (nSPS) is 40.9. The van der Waals surface area contributed by atoms with E-state index in [1.807, 2.05) is 13.8 Å². The quantitative estimate of drug-likeness (QED) is 0.239. The van der Waals surface area contributed by atoms with Gasteiger partial charge in [-0.2, -0.15) is 0 Å². The lowest BCUT2D eigenvalue weighted by Gasteiger charge is -2.58. The molecule has 6 nitrogen and oxygen atoms in total. The summed E-state index contributed by atoms with van der Waals surface area (Å²) in [5.74, 6) is 3.61. The molecule has 34 heavy (non-hydrogen) atoms. The maximum Gasteiger partial charge on any atom is 0.217 e. The van der Waals surface area contributed by atoms with E-state index in [2.05, 4.69) is 26.8 Å². The second-order valence-corrected chi connectivity index (χ2v) is 14.0. The molecule has 4 rings (SSSR count). The van der Waals surface area contributed by atoms with Gasteiger partial charge < -0.3 is 15.8 Å². The van der Waals surface area contributed by atoms with Crippen molar-refractivity contribution in [3.05, 3.63) is 11.6 Å². The predicted octanol–water partition coefficient (Wildman–Crippen LogP) is 6.36. The Kier molecular flexibility index (Phi) is 8.08. The van der Waals surface area contributed by atoms with Crippen LogP contribution in [0.5, 0.6) is 0 Å². The van der Waals surface area contributed by atoms with Crippen LogP contribution in [-0.2, 0) is 14.6 Å². The van der Waals surface area contributed by atoms with Gasteiger partial charge in [-0.05, 0) is 112 Å². The van der Waals surface area contributed by atoms with Crippen molar-refractivity contribution in [1.82, 2.24) is 6.15 Å². The van der Waals surface area contributed by atoms with Crippen molar-refractivity contribution in [2.45, 2.75) is 117 Å². The zero-order valence-electron chi connectivity index (χ0n) is 22.3. The molecule has 0 aromatic rings. The Labute approximate surface area is 207 Å². The van der Waals surface area contributed by atoms with Crippen molar-refractivity contribution in [3.8, 4) is 0 Å². The number of fused-ring (bicyclic) bond motifs is 5. The van der Waals surface area contributed by atoms with Gasteiger partial charge >= 0.3 is 0 Å². The van der Waals surface area contributed by atoms with Crippen LogP contribution in [0.15, 0.2) is 11.6 Å². The summed E-state index contributed by atoms with van der Waals surface area (Å²) in [5.41, 5.74) is 1.30. The number of hydrogen-bond donors (Lipinski definition) is 2. The third kappa shape index (κ3) is 5.44. The van der Waals surface area contributed by atoms with Crippen molar-refractivity contribution in [1.29, 1.82) is 0 Å². The molecule has 0 aliphatic heterocycles. The van der Waals surface area contributed by atoms with E-state index in [1.54, 1.807) is 0 Å². The minimum atomic E-state index is -4.65. The van der Waals surface area contributed by atoms with Crippen LogP contribution in [0.25, 0.3) is 0 Å². The van der Waals surface area contributed by atoms with Gasteiger partial charge in [-0.3, -0.25) is 4.18 Å². The first-order valence-corrected chi connectivity index (χ1v) is 14.6. The molecule has 0 aromatic heterocycles. The fraction of sp³-hybridized carbons (Fsp3) is 0.926. The zero-order valence-corrected chi connectivity index (χ0v) is 23.1. The molecule has 7 heteroatoms. The van der Waals surface area contributed by atoms with Gasteiger partial charge in [0.2, 0.25) is 10.4 Å². The van der Waals surface area contributed by atoms with E-state index < -0.39 is 22.1 Å². The van der Waals surface area contributed by atoms with Crippen molar-refractivity contribution in [2.75, 3.05) is 0 Å². The van der Waals surface area contributed by atoms with E-state index in [0.717, 1.165) is 37.5 Å². The zero-order chi connectivity index (χ0) is 24.2. The molecule has 3 saturated carbocycles. The van der Waals surface area contributed by atoms with E-state index in [1.165, 1.54) is 37.7 Å². The summed E-state index contributed by atoms with van der Waals surface area (Å²) in [7, 11) is -4.65. The average Bonchev–Trinajstić information content (AvgIpc) is 3.03. The SMILES string of the molecule is C[C@H](CCCC(C)(C)O)[C@H]1CCC2C3CC=C4C[C@@H](OS(=O)(=O)[O-])CC[C@]4(C)C3CC[C@@]21C.[NH4+]. The highest BCUT2D eigenvalue weighted by atomic mass is 32.3. The predicted molar refractivity (Wildman–Crippen MR) is 135 cm³/mol. The molecule has 198 valence electrons. The van der Waals surface area contributed by atoms with Gasteiger partial charge in [0.25, 0.3) is 0 Å². The fourth-order valence-electron chi connectivity index (χ4n) is 8.91. The smallest absolute Gasteiger partial charge is 0.217 e. The Bertz CT molecular complexity index is 865. The highest BCUT2D eigenvalue weighted by Crippen LogP contribution is 2.67. The number of quaternary nitrogens is 1. The lowest BCUT2D eigenvalue weighted by atomic mass is 9.47. The second kappa shape index (κ2) is 9.77. The Morgan fingerprint density at radius 2 is 1.88 bits per heavy atom. The molecule has 0 amide bonds. The van der Waals surface area contributed by atoms with Gasteiger partial charge in [0.05, 0.1) is 11.7 Å². The summed E-state index contributed by atoms with van der Waals surface area (Å²) in [6.45, 7) is 11.2. The summed E-state index contributed by atoms with van der Waals surface area (Å²) >= 11 is 0. The number of aliphatic hydroxyl groups is 1. The van der Waals surface area contributed by atoms with Crippen molar-refractivity contribution < 1.29 is 22.3 Å². The first-order valence-electron chi connectivity index (χ1n) is 13.3. The monoisotopic (exact) mass is 499 g/mol. The highest BCUT2D eigenvalue weighted by molar-refractivity contribution is 7.80. The van der Waals surface area contributed by atoms with Crippen molar-refractivity contribution in [3.63, 3.8) is 0 Å². The maximum atomic E-state index is 11.1. The average molecular weight is 500 g/mol. The van der Waals surface area contributed by atoms with Gasteiger partial charge in [0, 0.05) is 0 Å². The van der Waals surface area contributed by atoms with Gasteiger partial charge in [-0.1, -0.05) is 45.3 Å². The topological polar surface area (TPSA) is 123 Å². The van der Waals surface area contributed by atoms with E-state index in [0.29, 0.717) is 36.0 Å². The maximum absolute atomic E-state index is 11.1. The Balaban J connectivity index is 0.00000324. The number of rotatable bonds is 7. The van der Waals surface area contributed by atoms with Crippen LogP contribution in [0.1, 0.15) is 105 Å². The molecule has 4 aliphatic carbocycles. The van der Waals surface area contributed by atoms with Crippen LogP contribution in [0.3, 0.4) is 0 Å². The summed E-state index contributed by atoms with van der Waals surface area (Å²) in [6, 6.07) is 0.